The Hall–Kier alpha value is -3.17. The second kappa shape index (κ2) is 8.40. The van der Waals surface area contributed by atoms with Crippen molar-refractivity contribution in [1.82, 2.24) is 19.7 Å². The first-order chi connectivity index (χ1) is 15.5. The minimum absolute atomic E-state index is 0.0835. The van der Waals surface area contributed by atoms with Gasteiger partial charge in [0.25, 0.3) is 5.24 Å². The fraction of sp³-hybridized carbons (Fsp3) is 0.217. The van der Waals surface area contributed by atoms with Crippen LogP contribution in [0.15, 0.2) is 42.6 Å². The molecule has 1 amide bonds. The summed E-state index contributed by atoms with van der Waals surface area (Å²) in [7, 11) is 0. The normalized spacial score (nSPS) is 12.3. The molecule has 4 aromatic rings. The predicted octanol–water partition coefficient (Wildman–Crippen LogP) is 5.33. The third kappa shape index (κ3) is 3.67. The molecule has 3 heterocycles. The van der Waals surface area contributed by atoms with E-state index in [9.17, 15) is 4.79 Å². The number of anilines is 2. The summed E-state index contributed by atoms with van der Waals surface area (Å²) < 4.78 is 2.01. The van der Waals surface area contributed by atoms with Crippen molar-refractivity contribution < 1.29 is 4.79 Å². The van der Waals surface area contributed by atoms with Crippen molar-refractivity contribution in [2.45, 2.75) is 26.7 Å². The Bertz CT molecular complexity index is 1310. The van der Waals surface area contributed by atoms with Crippen LogP contribution in [0.25, 0.3) is 27.5 Å². The summed E-state index contributed by atoms with van der Waals surface area (Å²) in [6.45, 7) is 4.04. The Morgan fingerprint density at radius 2 is 2.09 bits per heavy atom. The van der Waals surface area contributed by atoms with Gasteiger partial charge in [0.2, 0.25) is 0 Å². The van der Waals surface area contributed by atoms with Crippen LogP contribution in [0.1, 0.15) is 23.7 Å². The van der Waals surface area contributed by atoms with E-state index in [1.807, 2.05) is 29.8 Å². The molecule has 0 unspecified atom stereocenters. The molecular formula is C23H22N6OS2. The number of fused-ring (bicyclic) bond motifs is 3. The number of benzene rings is 1. The Balaban J connectivity index is 1.68. The first-order valence-corrected chi connectivity index (χ1v) is 12.2. The monoisotopic (exact) mass is 462 g/mol. The fourth-order valence-corrected chi connectivity index (χ4v) is 5.49. The van der Waals surface area contributed by atoms with Crippen molar-refractivity contribution in [2.24, 2.45) is 0 Å². The molecule has 3 N–H and O–H groups in total. The highest BCUT2D eigenvalue weighted by Crippen LogP contribution is 2.44. The Labute approximate surface area is 194 Å². The van der Waals surface area contributed by atoms with Gasteiger partial charge in [0.1, 0.15) is 5.82 Å². The lowest BCUT2D eigenvalue weighted by Crippen LogP contribution is -2.07. The lowest BCUT2D eigenvalue weighted by molar-refractivity contribution is 0.270. The number of pyridine rings is 1. The van der Waals surface area contributed by atoms with Crippen molar-refractivity contribution >= 4 is 39.3 Å². The first kappa shape index (κ1) is 20.7. The molecule has 0 saturated heterocycles. The zero-order valence-corrected chi connectivity index (χ0v) is 19.4. The predicted molar refractivity (Wildman–Crippen MR) is 132 cm³/mol. The Morgan fingerprint density at radius 3 is 2.84 bits per heavy atom. The second-order valence-electron chi connectivity index (χ2n) is 7.49. The highest BCUT2D eigenvalue weighted by molar-refractivity contribution is 8.13. The summed E-state index contributed by atoms with van der Waals surface area (Å²) >= 11 is 2.75. The van der Waals surface area contributed by atoms with Gasteiger partial charge < -0.3 is 5.73 Å². The largest absolute Gasteiger partial charge is 0.384 e. The van der Waals surface area contributed by atoms with E-state index in [1.165, 1.54) is 23.1 Å². The standard InChI is InChI=1S/C23H22N6OS2/c1-3-31-23(30)27-22-26-16-10-9-15-19(14-8-11-18(24)25-12-14)28-29(20(15)21(16)32-22)17-7-5-4-6-13(17)2/h4-8,11-12H,3,9-10H2,1-2H3,(H2,24,25)(H,26,27,30). The molecule has 0 spiro atoms. The highest BCUT2D eigenvalue weighted by atomic mass is 32.2. The number of thiazole rings is 1. The number of hydrogen-bond acceptors (Lipinski definition) is 7. The number of rotatable bonds is 4. The maximum atomic E-state index is 12.1. The van der Waals surface area contributed by atoms with E-state index in [-0.39, 0.29) is 5.24 Å². The Kier molecular flexibility index (Phi) is 5.44. The summed E-state index contributed by atoms with van der Waals surface area (Å²) in [6.07, 6.45) is 3.38. The van der Waals surface area contributed by atoms with Gasteiger partial charge in [-0.3, -0.25) is 10.1 Å². The summed E-state index contributed by atoms with van der Waals surface area (Å²) in [5, 5.41) is 8.51. The molecule has 32 heavy (non-hydrogen) atoms. The number of thioether (sulfide) groups is 1. The number of nitrogens with zero attached hydrogens (tertiary/aromatic N) is 4. The third-order valence-electron chi connectivity index (χ3n) is 5.40. The van der Waals surface area contributed by atoms with Gasteiger partial charge in [0, 0.05) is 17.3 Å². The van der Waals surface area contributed by atoms with Crippen molar-refractivity contribution in [2.75, 3.05) is 16.8 Å². The van der Waals surface area contributed by atoms with Crippen LogP contribution in [-0.2, 0) is 12.8 Å². The van der Waals surface area contributed by atoms with E-state index in [4.69, 9.17) is 15.8 Å². The zero-order valence-electron chi connectivity index (χ0n) is 17.8. The minimum Gasteiger partial charge on any atom is -0.384 e. The average Bonchev–Trinajstić information content (AvgIpc) is 3.35. The van der Waals surface area contributed by atoms with Crippen molar-refractivity contribution in [3.05, 3.63) is 59.4 Å². The molecule has 1 aliphatic rings. The number of aromatic nitrogens is 4. The highest BCUT2D eigenvalue weighted by Gasteiger charge is 2.30. The van der Waals surface area contributed by atoms with Gasteiger partial charge in [-0.25, -0.2) is 14.6 Å². The number of carbonyl (C=O) groups excluding carboxylic acids is 1. The number of amides is 1. The first-order valence-electron chi connectivity index (χ1n) is 10.4. The van der Waals surface area contributed by atoms with E-state index in [0.29, 0.717) is 10.9 Å². The molecule has 0 aliphatic heterocycles. The lowest BCUT2D eigenvalue weighted by Gasteiger charge is -2.15. The van der Waals surface area contributed by atoms with Crippen molar-refractivity contribution in [1.29, 1.82) is 0 Å². The van der Waals surface area contributed by atoms with Crippen LogP contribution in [0.3, 0.4) is 0 Å². The number of nitrogens with one attached hydrogen (secondary N) is 1. The number of para-hydroxylation sites is 1. The fourth-order valence-electron chi connectivity index (χ4n) is 3.93. The maximum Gasteiger partial charge on any atom is 0.285 e. The molecule has 7 nitrogen and oxygen atoms in total. The molecule has 162 valence electrons. The van der Waals surface area contributed by atoms with Gasteiger partial charge in [-0.1, -0.05) is 48.2 Å². The number of aryl methyl sites for hydroxylation is 2. The number of carbonyl (C=O) groups is 1. The molecule has 9 heteroatoms. The summed E-state index contributed by atoms with van der Waals surface area (Å²) in [5.41, 5.74) is 13.0. The van der Waals surface area contributed by atoms with E-state index < -0.39 is 0 Å². The lowest BCUT2D eigenvalue weighted by atomic mass is 9.95. The van der Waals surface area contributed by atoms with Crippen LogP contribution in [0.4, 0.5) is 15.7 Å². The number of nitrogen functional groups attached to an aromatic ring is 1. The summed E-state index contributed by atoms with van der Waals surface area (Å²) in [5.74, 6) is 1.20. The van der Waals surface area contributed by atoms with Crippen LogP contribution >= 0.6 is 23.1 Å². The molecule has 0 saturated carbocycles. The SMILES string of the molecule is CCSC(=O)Nc1nc2c(s1)-c1c(c(-c3ccc(N)nc3)nn1-c1ccccc1C)CC2. The summed E-state index contributed by atoms with van der Waals surface area (Å²) in [4.78, 5) is 22.2. The van der Waals surface area contributed by atoms with Gasteiger partial charge in [-0.05, 0) is 49.3 Å². The van der Waals surface area contributed by atoms with Gasteiger partial charge in [-0.2, -0.15) is 5.10 Å². The molecule has 0 atom stereocenters. The van der Waals surface area contributed by atoms with Gasteiger partial charge in [0.15, 0.2) is 5.13 Å². The Morgan fingerprint density at radius 1 is 1.25 bits per heavy atom. The van der Waals surface area contributed by atoms with Crippen molar-refractivity contribution in [3.8, 4) is 27.5 Å². The number of nitrogens with two attached hydrogens (primary N) is 1. The number of hydrogen-bond donors (Lipinski definition) is 2. The average molecular weight is 463 g/mol. The van der Waals surface area contributed by atoms with E-state index in [2.05, 4.69) is 29.4 Å². The molecule has 0 bridgehead atoms. The van der Waals surface area contributed by atoms with Crippen LogP contribution < -0.4 is 11.1 Å². The second-order valence-corrected chi connectivity index (χ2v) is 9.72. The molecule has 5 rings (SSSR count). The van der Waals surface area contributed by atoms with E-state index >= 15 is 0 Å². The maximum absolute atomic E-state index is 12.1. The zero-order chi connectivity index (χ0) is 22.2. The summed E-state index contributed by atoms with van der Waals surface area (Å²) in [6, 6.07) is 12.0. The molecular weight excluding hydrogens is 440 g/mol. The molecule has 0 fully saturated rings. The molecule has 1 aliphatic carbocycles. The molecule has 3 aromatic heterocycles. The van der Waals surface area contributed by atoms with Crippen LogP contribution in [0.2, 0.25) is 0 Å². The van der Waals surface area contributed by atoms with Crippen LogP contribution in [0, 0.1) is 6.92 Å². The minimum atomic E-state index is -0.0835. The van der Waals surface area contributed by atoms with Gasteiger partial charge >= 0.3 is 0 Å². The van der Waals surface area contributed by atoms with Gasteiger partial charge in [0.05, 0.1) is 27.6 Å². The van der Waals surface area contributed by atoms with Crippen molar-refractivity contribution in [3.63, 3.8) is 0 Å². The van der Waals surface area contributed by atoms with E-state index in [1.54, 1.807) is 12.3 Å². The van der Waals surface area contributed by atoms with E-state index in [0.717, 1.165) is 62.9 Å². The topological polar surface area (TPSA) is 98.7 Å². The third-order valence-corrected chi connectivity index (χ3v) is 7.07. The smallest absolute Gasteiger partial charge is 0.285 e. The molecule has 1 aromatic carbocycles. The van der Waals surface area contributed by atoms with Crippen LogP contribution in [-0.4, -0.2) is 30.7 Å². The van der Waals surface area contributed by atoms with Gasteiger partial charge in [-0.15, -0.1) is 0 Å². The quantitative estimate of drug-likeness (QED) is 0.425. The van der Waals surface area contributed by atoms with Crippen LogP contribution in [0.5, 0.6) is 0 Å². The molecule has 0 radical (unpaired) electrons.